The fourth-order valence-corrected chi connectivity index (χ4v) is 2.43. The SMILES string of the molecule is CC(C)N1CCC(n2cc(C(C)(F)F)cn2)CC1. The Labute approximate surface area is 107 Å². The zero-order valence-corrected chi connectivity index (χ0v) is 11.2. The van der Waals surface area contributed by atoms with Gasteiger partial charge >= 0.3 is 0 Å². The monoisotopic (exact) mass is 257 g/mol. The van der Waals surface area contributed by atoms with E-state index in [1.54, 1.807) is 4.68 Å². The van der Waals surface area contributed by atoms with Crippen LogP contribution < -0.4 is 0 Å². The van der Waals surface area contributed by atoms with Crippen molar-refractivity contribution in [3.8, 4) is 0 Å². The lowest BCUT2D eigenvalue weighted by Crippen LogP contribution is -2.39. The zero-order valence-electron chi connectivity index (χ0n) is 11.2. The molecule has 0 saturated carbocycles. The first kappa shape index (κ1) is 13.5. The molecule has 0 N–H and O–H groups in total. The molecule has 0 spiro atoms. The maximum Gasteiger partial charge on any atom is 0.273 e. The van der Waals surface area contributed by atoms with Crippen LogP contribution in [0.2, 0.25) is 0 Å². The van der Waals surface area contributed by atoms with Crippen molar-refractivity contribution >= 4 is 0 Å². The molecule has 0 aromatic carbocycles. The van der Waals surface area contributed by atoms with Crippen LogP contribution in [0.5, 0.6) is 0 Å². The number of halogens is 2. The highest BCUT2D eigenvalue weighted by molar-refractivity contribution is 5.11. The normalized spacial score (nSPS) is 19.7. The van der Waals surface area contributed by atoms with E-state index in [-0.39, 0.29) is 11.6 Å². The van der Waals surface area contributed by atoms with Crippen LogP contribution in [-0.2, 0) is 5.92 Å². The lowest BCUT2D eigenvalue weighted by atomic mass is 10.0. The lowest BCUT2D eigenvalue weighted by Gasteiger charge is -2.34. The quantitative estimate of drug-likeness (QED) is 0.830. The summed E-state index contributed by atoms with van der Waals surface area (Å²) in [7, 11) is 0. The summed E-state index contributed by atoms with van der Waals surface area (Å²) in [6.07, 6.45) is 4.74. The van der Waals surface area contributed by atoms with Crippen LogP contribution in [0, 0.1) is 0 Å². The molecule has 0 unspecified atom stereocenters. The molecule has 2 heterocycles. The van der Waals surface area contributed by atoms with Crippen LogP contribution in [0.15, 0.2) is 12.4 Å². The van der Waals surface area contributed by atoms with Gasteiger partial charge in [0.25, 0.3) is 5.92 Å². The predicted molar refractivity (Wildman–Crippen MR) is 66.8 cm³/mol. The average molecular weight is 257 g/mol. The molecule has 0 atom stereocenters. The molecule has 0 radical (unpaired) electrons. The van der Waals surface area contributed by atoms with Crippen molar-refractivity contribution in [3.05, 3.63) is 18.0 Å². The van der Waals surface area contributed by atoms with Crippen molar-refractivity contribution in [2.24, 2.45) is 0 Å². The van der Waals surface area contributed by atoms with E-state index >= 15 is 0 Å². The minimum atomic E-state index is -2.79. The van der Waals surface area contributed by atoms with Crippen LogP contribution in [0.3, 0.4) is 0 Å². The van der Waals surface area contributed by atoms with Gasteiger partial charge in [0, 0.05) is 32.3 Å². The first-order valence-corrected chi connectivity index (χ1v) is 6.54. The van der Waals surface area contributed by atoms with E-state index < -0.39 is 5.92 Å². The maximum absolute atomic E-state index is 13.1. The van der Waals surface area contributed by atoms with Crippen molar-refractivity contribution in [3.63, 3.8) is 0 Å². The van der Waals surface area contributed by atoms with E-state index in [0.29, 0.717) is 6.04 Å². The number of aromatic nitrogens is 2. The Hall–Kier alpha value is -0.970. The van der Waals surface area contributed by atoms with E-state index in [2.05, 4.69) is 23.8 Å². The first-order chi connectivity index (χ1) is 8.38. The summed E-state index contributed by atoms with van der Waals surface area (Å²) in [5.41, 5.74) is 0.00814. The van der Waals surface area contributed by atoms with E-state index in [4.69, 9.17) is 0 Å². The highest BCUT2D eigenvalue weighted by Gasteiger charge is 2.28. The third kappa shape index (κ3) is 2.88. The van der Waals surface area contributed by atoms with E-state index in [1.807, 2.05) is 0 Å². The minimum Gasteiger partial charge on any atom is -0.301 e. The van der Waals surface area contributed by atoms with Gasteiger partial charge in [0.15, 0.2) is 0 Å². The highest BCUT2D eigenvalue weighted by atomic mass is 19.3. The van der Waals surface area contributed by atoms with Gasteiger partial charge in [-0.25, -0.2) is 8.78 Å². The highest BCUT2D eigenvalue weighted by Crippen LogP contribution is 2.29. The van der Waals surface area contributed by atoms with E-state index in [1.165, 1.54) is 12.4 Å². The Balaban J connectivity index is 2.00. The van der Waals surface area contributed by atoms with Crippen LogP contribution >= 0.6 is 0 Å². The van der Waals surface area contributed by atoms with Crippen LogP contribution in [0.1, 0.15) is 45.2 Å². The summed E-state index contributed by atoms with van der Waals surface area (Å²) in [5.74, 6) is -2.79. The maximum atomic E-state index is 13.1. The lowest BCUT2D eigenvalue weighted by molar-refractivity contribution is 0.0173. The predicted octanol–water partition coefficient (Wildman–Crippen LogP) is 3.04. The number of hydrogen-bond acceptors (Lipinski definition) is 2. The molecule has 1 aromatic heterocycles. The number of rotatable bonds is 3. The van der Waals surface area contributed by atoms with Gasteiger partial charge in [0.2, 0.25) is 0 Å². The Bertz CT molecular complexity index is 387. The molecule has 102 valence electrons. The van der Waals surface area contributed by atoms with Gasteiger partial charge in [-0.05, 0) is 26.7 Å². The second kappa shape index (κ2) is 4.96. The molecule has 0 amide bonds. The molecule has 1 saturated heterocycles. The summed E-state index contributed by atoms with van der Waals surface area (Å²) in [4.78, 5) is 2.41. The van der Waals surface area contributed by atoms with Gasteiger partial charge < -0.3 is 4.90 Å². The summed E-state index contributed by atoms with van der Waals surface area (Å²) in [5, 5.41) is 4.09. The fraction of sp³-hybridized carbons (Fsp3) is 0.769. The molecule has 0 aliphatic carbocycles. The van der Waals surface area contributed by atoms with Crippen LogP contribution in [-0.4, -0.2) is 33.8 Å². The molecule has 3 nitrogen and oxygen atoms in total. The molecule has 1 aromatic rings. The second-order valence-electron chi connectivity index (χ2n) is 5.46. The summed E-state index contributed by atoms with van der Waals surface area (Å²) in [6, 6.07) is 0.815. The molecule has 2 rings (SSSR count). The third-order valence-corrected chi connectivity index (χ3v) is 3.71. The van der Waals surface area contributed by atoms with Gasteiger partial charge in [-0.2, -0.15) is 5.10 Å². The van der Waals surface area contributed by atoms with Crippen molar-refractivity contribution in [2.75, 3.05) is 13.1 Å². The molecule has 1 aliphatic heterocycles. The summed E-state index contributed by atoms with van der Waals surface area (Å²) < 4.78 is 28.0. The van der Waals surface area contributed by atoms with Gasteiger partial charge in [0.05, 0.1) is 17.8 Å². The fourth-order valence-electron chi connectivity index (χ4n) is 2.43. The van der Waals surface area contributed by atoms with Crippen molar-refractivity contribution in [2.45, 2.75) is 51.6 Å². The van der Waals surface area contributed by atoms with E-state index in [0.717, 1.165) is 32.9 Å². The van der Waals surface area contributed by atoms with E-state index in [9.17, 15) is 8.78 Å². The molecule has 1 aliphatic rings. The van der Waals surface area contributed by atoms with Crippen molar-refractivity contribution in [1.29, 1.82) is 0 Å². The number of nitrogens with zero attached hydrogens (tertiary/aromatic N) is 3. The Kier molecular flexibility index (Phi) is 3.71. The standard InChI is InChI=1S/C13H21F2N3/c1-10(2)17-6-4-12(5-7-17)18-9-11(8-16-18)13(3,14)15/h8-10,12H,4-7H2,1-3H3. The average Bonchev–Trinajstić information content (AvgIpc) is 2.78. The molecule has 0 bridgehead atoms. The summed E-state index contributed by atoms with van der Waals surface area (Å²) in [6.45, 7) is 7.31. The Morgan fingerprint density at radius 3 is 2.39 bits per heavy atom. The third-order valence-electron chi connectivity index (χ3n) is 3.71. The Morgan fingerprint density at radius 2 is 1.94 bits per heavy atom. The zero-order chi connectivity index (χ0) is 13.3. The summed E-state index contributed by atoms with van der Waals surface area (Å²) >= 11 is 0. The minimum absolute atomic E-state index is 0.00814. The topological polar surface area (TPSA) is 21.1 Å². The van der Waals surface area contributed by atoms with Gasteiger partial charge in [-0.15, -0.1) is 0 Å². The molecule has 18 heavy (non-hydrogen) atoms. The van der Waals surface area contributed by atoms with Crippen LogP contribution in [0.25, 0.3) is 0 Å². The molecular formula is C13H21F2N3. The number of likely N-dealkylation sites (tertiary alicyclic amines) is 1. The second-order valence-corrected chi connectivity index (χ2v) is 5.46. The number of hydrogen-bond donors (Lipinski definition) is 0. The number of alkyl halides is 2. The molecule has 5 heteroatoms. The first-order valence-electron chi connectivity index (χ1n) is 6.54. The molecular weight excluding hydrogens is 236 g/mol. The molecule has 1 fully saturated rings. The van der Waals surface area contributed by atoms with Gasteiger partial charge in [-0.1, -0.05) is 0 Å². The van der Waals surface area contributed by atoms with Crippen LogP contribution in [0.4, 0.5) is 8.78 Å². The largest absolute Gasteiger partial charge is 0.301 e. The van der Waals surface area contributed by atoms with Gasteiger partial charge in [-0.3, -0.25) is 4.68 Å². The Morgan fingerprint density at radius 1 is 1.33 bits per heavy atom. The smallest absolute Gasteiger partial charge is 0.273 e. The number of piperidine rings is 1. The van der Waals surface area contributed by atoms with Crippen molar-refractivity contribution < 1.29 is 8.78 Å². The van der Waals surface area contributed by atoms with Gasteiger partial charge in [0.1, 0.15) is 0 Å². The van der Waals surface area contributed by atoms with Crippen molar-refractivity contribution in [1.82, 2.24) is 14.7 Å².